The molecule has 82 valence electrons. The smallest absolute Gasteiger partial charge is 0.0361 e. The highest BCUT2D eigenvalue weighted by Gasteiger charge is 2.25. The average Bonchev–Trinajstić information content (AvgIpc) is 3.00. The van der Waals surface area contributed by atoms with E-state index in [2.05, 4.69) is 17.3 Å². The van der Waals surface area contributed by atoms with Crippen molar-refractivity contribution in [3.63, 3.8) is 0 Å². The van der Waals surface area contributed by atoms with Gasteiger partial charge in [0.1, 0.15) is 0 Å². The molecular formula is C12H19N3. The standard InChI is InChI=1S/C12H19N3/c1-15(12-5-6-12)8-7-14-11-4-2-3-10(13)9-11/h2-4,9,12,14H,5-8,13H2,1H3. The zero-order chi connectivity index (χ0) is 10.7. The van der Waals surface area contributed by atoms with Crippen LogP contribution in [0.1, 0.15) is 12.8 Å². The Morgan fingerprint density at radius 1 is 1.47 bits per heavy atom. The molecule has 1 aromatic rings. The number of hydrogen-bond donors (Lipinski definition) is 2. The van der Waals surface area contributed by atoms with Crippen molar-refractivity contribution in [2.45, 2.75) is 18.9 Å². The number of hydrogen-bond acceptors (Lipinski definition) is 3. The van der Waals surface area contributed by atoms with Crippen LogP contribution >= 0.6 is 0 Å². The Hall–Kier alpha value is -1.22. The Morgan fingerprint density at radius 2 is 2.27 bits per heavy atom. The van der Waals surface area contributed by atoms with E-state index in [4.69, 9.17) is 5.73 Å². The zero-order valence-electron chi connectivity index (χ0n) is 9.24. The van der Waals surface area contributed by atoms with Gasteiger partial charge in [0.2, 0.25) is 0 Å². The molecule has 0 unspecified atom stereocenters. The lowest BCUT2D eigenvalue weighted by atomic mass is 10.3. The Morgan fingerprint density at radius 3 is 2.93 bits per heavy atom. The van der Waals surface area contributed by atoms with Crippen LogP contribution < -0.4 is 11.1 Å². The van der Waals surface area contributed by atoms with E-state index in [0.29, 0.717) is 0 Å². The highest BCUT2D eigenvalue weighted by molar-refractivity contribution is 5.53. The molecule has 1 saturated carbocycles. The van der Waals surface area contributed by atoms with Crippen molar-refractivity contribution in [3.05, 3.63) is 24.3 Å². The maximum absolute atomic E-state index is 5.70. The third kappa shape index (κ3) is 3.13. The molecule has 3 nitrogen and oxygen atoms in total. The van der Waals surface area contributed by atoms with E-state index in [9.17, 15) is 0 Å². The molecule has 0 aromatic heterocycles. The van der Waals surface area contributed by atoms with Gasteiger partial charge in [-0.1, -0.05) is 6.07 Å². The molecule has 0 spiro atoms. The molecule has 3 heteroatoms. The number of likely N-dealkylation sites (N-methyl/N-ethyl adjacent to an activating group) is 1. The van der Waals surface area contributed by atoms with Gasteiger partial charge in [0.25, 0.3) is 0 Å². The van der Waals surface area contributed by atoms with E-state index in [0.717, 1.165) is 30.5 Å². The van der Waals surface area contributed by atoms with E-state index in [1.54, 1.807) is 0 Å². The van der Waals surface area contributed by atoms with Crippen LogP contribution in [0.15, 0.2) is 24.3 Å². The number of benzene rings is 1. The SMILES string of the molecule is CN(CCNc1cccc(N)c1)C1CC1. The first kappa shape index (κ1) is 10.3. The van der Waals surface area contributed by atoms with Gasteiger partial charge in [-0.25, -0.2) is 0 Å². The van der Waals surface area contributed by atoms with Crippen LogP contribution in [0, 0.1) is 0 Å². The molecule has 3 N–H and O–H groups in total. The number of nitrogens with zero attached hydrogens (tertiary/aromatic N) is 1. The summed E-state index contributed by atoms with van der Waals surface area (Å²) >= 11 is 0. The fourth-order valence-electron chi connectivity index (χ4n) is 1.72. The molecule has 2 rings (SSSR count). The number of rotatable bonds is 5. The van der Waals surface area contributed by atoms with Gasteiger partial charge in [-0.2, -0.15) is 0 Å². The van der Waals surface area contributed by atoms with E-state index in [-0.39, 0.29) is 0 Å². The molecule has 0 heterocycles. The van der Waals surface area contributed by atoms with Gasteiger partial charge in [-0.3, -0.25) is 0 Å². The van der Waals surface area contributed by atoms with Crippen molar-refractivity contribution in [3.8, 4) is 0 Å². The Kier molecular flexibility index (Phi) is 3.11. The van der Waals surface area contributed by atoms with Crippen LogP contribution in [0.4, 0.5) is 11.4 Å². The predicted molar refractivity (Wildman–Crippen MR) is 65.0 cm³/mol. The fourth-order valence-corrected chi connectivity index (χ4v) is 1.72. The Bertz CT molecular complexity index is 320. The summed E-state index contributed by atoms with van der Waals surface area (Å²) in [5.74, 6) is 0. The van der Waals surface area contributed by atoms with E-state index < -0.39 is 0 Å². The van der Waals surface area contributed by atoms with Gasteiger partial charge in [-0.15, -0.1) is 0 Å². The van der Waals surface area contributed by atoms with Gasteiger partial charge in [-0.05, 0) is 38.1 Å². The highest BCUT2D eigenvalue weighted by Crippen LogP contribution is 2.24. The molecular weight excluding hydrogens is 186 g/mol. The third-order valence-electron chi connectivity index (χ3n) is 2.85. The highest BCUT2D eigenvalue weighted by atomic mass is 15.2. The molecule has 0 aliphatic heterocycles. The second-order valence-electron chi connectivity index (χ2n) is 4.26. The van der Waals surface area contributed by atoms with Crippen LogP contribution in [0.5, 0.6) is 0 Å². The quantitative estimate of drug-likeness (QED) is 0.720. The van der Waals surface area contributed by atoms with Crippen molar-refractivity contribution in [2.75, 3.05) is 31.2 Å². The fraction of sp³-hybridized carbons (Fsp3) is 0.500. The summed E-state index contributed by atoms with van der Waals surface area (Å²) in [6.07, 6.45) is 2.74. The molecule has 1 fully saturated rings. The van der Waals surface area contributed by atoms with Crippen LogP contribution in [0.25, 0.3) is 0 Å². The molecule has 0 bridgehead atoms. The second kappa shape index (κ2) is 4.53. The first-order valence-electron chi connectivity index (χ1n) is 5.55. The minimum Gasteiger partial charge on any atom is -0.399 e. The van der Waals surface area contributed by atoms with Crippen LogP contribution in [0.2, 0.25) is 0 Å². The molecule has 0 radical (unpaired) electrons. The van der Waals surface area contributed by atoms with Crippen molar-refractivity contribution in [1.82, 2.24) is 4.90 Å². The lowest BCUT2D eigenvalue weighted by Crippen LogP contribution is -2.26. The lowest BCUT2D eigenvalue weighted by molar-refractivity contribution is 0.337. The maximum Gasteiger partial charge on any atom is 0.0361 e. The maximum atomic E-state index is 5.70. The van der Waals surface area contributed by atoms with Gasteiger partial charge in [0.15, 0.2) is 0 Å². The first-order valence-corrected chi connectivity index (χ1v) is 5.55. The minimum absolute atomic E-state index is 0.815. The van der Waals surface area contributed by atoms with Crippen molar-refractivity contribution < 1.29 is 0 Å². The largest absolute Gasteiger partial charge is 0.399 e. The normalized spacial score (nSPS) is 15.6. The van der Waals surface area contributed by atoms with Gasteiger partial charge in [0, 0.05) is 30.5 Å². The van der Waals surface area contributed by atoms with Gasteiger partial charge >= 0.3 is 0 Å². The molecule has 1 aromatic carbocycles. The summed E-state index contributed by atoms with van der Waals surface area (Å²) in [5.41, 5.74) is 7.62. The summed E-state index contributed by atoms with van der Waals surface area (Å²) in [6.45, 7) is 2.08. The topological polar surface area (TPSA) is 41.3 Å². The summed E-state index contributed by atoms with van der Waals surface area (Å²) in [5, 5.41) is 3.38. The molecule has 15 heavy (non-hydrogen) atoms. The summed E-state index contributed by atoms with van der Waals surface area (Å²) in [7, 11) is 2.19. The van der Waals surface area contributed by atoms with Gasteiger partial charge < -0.3 is 16.0 Å². The first-order chi connectivity index (χ1) is 7.25. The summed E-state index contributed by atoms with van der Waals surface area (Å²) in [4.78, 5) is 2.42. The number of nitrogens with one attached hydrogen (secondary N) is 1. The zero-order valence-corrected chi connectivity index (χ0v) is 9.24. The van der Waals surface area contributed by atoms with Crippen molar-refractivity contribution in [2.24, 2.45) is 0 Å². The second-order valence-corrected chi connectivity index (χ2v) is 4.26. The summed E-state index contributed by atoms with van der Waals surface area (Å²) in [6, 6.07) is 8.74. The van der Waals surface area contributed by atoms with Crippen molar-refractivity contribution >= 4 is 11.4 Å². The Labute approximate surface area is 91.3 Å². The number of anilines is 2. The number of nitrogens with two attached hydrogens (primary N) is 1. The van der Waals surface area contributed by atoms with Crippen LogP contribution in [-0.4, -0.2) is 31.1 Å². The van der Waals surface area contributed by atoms with Gasteiger partial charge in [0.05, 0.1) is 0 Å². The third-order valence-corrected chi connectivity index (χ3v) is 2.85. The van der Waals surface area contributed by atoms with Crippen LogP contribution in [0.3, 0.4) is 0 Å². The van der Waals surface area contributed by atoms with Crippen molar-refractivity contribution in [1.29, 1.82) is 0 Å². The molecule has 1 aliphatic carbocycles. The average molecular weight is 205 g/mol. The van der Waals surface area contributed by atoms with E-state index >= 15 is 0 Å². The minimum atomic E-state index is 0.815. The molecule has 1 aliphatic rings. The number of nitrogen functional groups attached to an aromatic ring is 1. The molecule has 0 amide bonds. The summed E-state index contributed by atoms with van der Waals surface area (Å²) < 4.78 is 0. The van der Waals surface area contributed by atoms with E-state index in [1.807, 2.05) is 24.3 Å². The predicted octanol–water partition coefficient (Wildman–Crippen LogP) is 1.77. The Balaban J connectivity index is 1.73. The molecule has 0 atom stereocenters. The van der Waals surface area contributed by atoms with E-state index in [1.165, 1.54) is 12.8 Å². The monoisotopic (exact) mass is 205 g/mol. The lowest BCUT2D eigenvalue weighted by Gasteiger charge is -2.16. The van der Waals surface area contributed by atoms with Crippen LogP contribution in [-0.2, 0) is 0 Å². The molecule has 0 saturated heterocycles.